The number of hydrogen-bond acceptors (Lipinski definition) is 1. The quantitative estimate of drug-likeness (QED) is 0.514. The summed E-state index contributed by atoms with van der Waals surface area (Å²) in [5.74, 6) is 0. The van der Waals surface area contributed by atoms with Crippen LogP contribution in [0.25, 0.3) is 16.7 Å². The zero-order chi connectivity index (χ0) is 17.7. The van der Waals surface area contributed by atoms with Crippen LogP contribution < -0.4 is 0 Å². The fourth-order valence-electron chi connectivity index (χ4n) is 3.10. The summed E-state index contributed by atoms with van der Waals surface area (Å²) < 4.78 is 0. The van der Waals surface area contributed by atoms with Crippen LogP contribution in [0.15, 0.2) is 91.5 Å². The molecule has 0 saturated heterocycles. The van der Waals surface area contributed by atoms with E-state index in [-0.39, 0.29) is 0 Å². The summed E-state index contributed by atoms with van der Waals surface area (Å²) in [6, 6.07) is 28.6. The van der Waals surface area contributed by atoms with Crippen molar-refractivity contribution in [3.8, 4) is 11.1 Å². The lowest BCUT2D eigenvalue weighted by atomic mass is 9.77. The maximum Gasteiger partial charge on any atom is 0.130 e. The summed E-state index contributed by atoms with van der Waals surface area (Å²) in [5.41, 5.74) is 4.82. The Labute approximate surface area is 149 Å². The molecule has 3 aromatic rings. The van der Waals surface area contributed by atoms with Crippen molar-refractivity contribution in [1.82, 2.24) is 0 Å². The average Bonchev–Trinajstić information content (AvgIpc) is 2.69. The summed E-state index contributed by atoms with van der Waals surface area (Å²) in [6.45, 7) is 6.17. The lowest BCUT2D eigenvalue weighted by Gasteiger charge is -2.25. The van der Waals surface area contributed by atoms with Gasteiger partial charge in [-0.25, -0.2) is 0 Å². The summed E-state index contributed by atoms with van der Waals surface area (Å²) in [4.78, 5) is 11.9. The highest BCUT2D eigenvalue weighted by Gasteiger charge is 2.27. The maximum absolute atomic E-state index is 11.9. The third kappa shape index (κ3) is 3.77. The molecule has 0 fully saturated rings. The summed E-state index contributed by atoms with van der Waals surface area (Å²) in [6.07, 6.45) is 1.64. The minimum atomic E-state index is -0.581. The topological polar surface area (TPSA) is 17.1 Å². The van der Waals surface area contributed by atoms with E-state index in [0.717, 1.165) is 28.5 Å². The Morgan fingerprint density at radius 1 is 0.840 bits per heavy atom. The van der Waals surface area contributed by atoms with Crippen molar-refractivity contribution in [1.29, 1.82) is 0 Å². The number of benzene rings is 3. The van der Waals surface area contributed by atoms with Crippen LogP contribution in [0.3, 0.4) is 0 Å². The first kappa shape index (κ1) is 16.9. The van der Waals surface area contributed by atoms with Crippen LogP contribution in [0.5, 0.6) is 0 Å². The molecule has 124 valence electrons. The van der Waals surface area contributed by atoms with Crippen molar-refractivity contribution >= 4 is 11.9 Å². The predicted molar refractivity (Wildman–Crippen MR) is 105 cm³/mol. The summed E-state index contributed by atoms with van der Waals surface area (Å²) in [7, 11) is 0. The molecule has 0 bridgehead atoms. The number of hydrogen-bond donors (Lipinski definition) is 0. The van der Waals surface area contributed by atoms with Gasteiger partial charge in [0.1, 0.15) is 6.29 Å². The summed E-state index contributed by atoms with van der Waals surface area (Å²) in [5, 5.41) is 0. The molecule has 0 aromatic heterocycles. The van der Waals surface area contributed by atoms with Crippen LogP contribution in [0.4, 0.5) is 0 Å². The molecule has 0 saturated carbocycles. The van der Waals surface area contributed by atoms with Gasteiger partial charge in [0.2, 0.25) is 0 Å². The molecular weight excluding hydrogens is 304 g/mol. The Bertz CT molecular complexity index is 848. The van der Waals surface area contributed by atoms with E-state index >= 15 is 0 Å². The first-order valence-electron chi connectivity index (χ1n) is 8.48. The van der Waals surface area contributed by atoms with Crippen molar-refractivity contribution in [2.45, 2.75) is 18.8 Å². The van der Waals surface area contributed by atoms with Crippen molar-refractivity contribution in [2.24, 2.45) is 0 Å². The molecule has 0 aliphatic carbocycles. The molecule has 1 heteroatoms. The van der Waals surface area contributed by atoms with E-state index in [1.54, 1.807) is 0 Å². The van der Waals surface area contributed by atoms with E-state index in [0.29, 0.717) is 6.42 Å². The van der Waals surface area contributed by atoms with Gasteiger partial charge in [-0.15, -0.1) is 0 Å². The third-order valence-electron chi connectivity index (χ3n) is 4.67. The van der Waals surface area contributed by atoms with Crippen molar-refractivity contribution in [2.75, 3.05) is 0 Å². The maximum atomic E-state index is 11.9. The second kappa shape index (κ2) is 7.31. The first-order valence-corrected chi connectivity index (χ1v) is 8.48. The Balaban J connectivity index is 1.84. The number of aldehydes is 1. The van der Waals surface area contributed by atoms with Gasteiger partial charge in [0.05, 0.1) is 5.41 Å². The van der Waals surface area contributed by atoms with E-state index in [1.807, 2.05) is 55.5 Å². The van der Waals surface area contributed by atoms with Gasteiger partial charge in [-0.2, -0.15) is 0 Å². The van der Waals surface area contributed by atoms with Gasteiger partial charge in [0, 0.05) is 0 Å². The van der Waals surface area contributed by atoms with E-state index < -0.39 is 5.41 Å². The van der Waals surface area contributed by atoms with Crippen LogP contribution in [0.2, 0.25) is 0 Å². The second-order valence-corrected chi connectivity index (χ2v) is 6.63. The van der Waals surface area contributed by atoms with E-state index in [9.17, 15) is 4.79 Å². The smallest absolute Gasteiger partial charge is 0.130 e. The average molecular weight is 326 g/mol. The van der Waals surface area contributed by atoms with E-state index in [2.05, 4.69) is 43.0 Å². The van der Waals surface area contributed by atoms with Crippen molar-refractivity contribution in [3.05, 3.63) is 103 Å². The molecule has 3 aromatic carbocycles. The highest BCUT2D eigenvalue weighted by Crippen LogP contribution is 2.33. The van der Waals surface area contributed by atoms with Crippen LogP contribution in [0.1, 0.15) is 24.5 Å². The largest absolute Gasteiger partial charge is 0.302 e. The molecule has 1 nitrogen and oxygen atoms in total. The Hall–Kier alpha value is -2.93. The van der Waals surface area contributed by atoms with Gasteiger partial charge >= 0.3 is 0 Å². The van der Waals surface area contributed by atoms with Crippen molar-refractivity contribution < 1.29 is 4.79 Å². The molecule has 0 aliphatic heterocycles. The van der Waals surface area contributed by atoms with Gasteiger partial charge in [0.15, 0.2) is 0 Å². The number of carbonyl (C=O) groups excluding carboxylic acids is 1. The van der Waals surface area contributed by atoms with Gasteiger partial charge in [-0.3, -0.25) is 0 Å². The highest BCUT2D eigenvalue weighted by molar-refractivity contribution is 5.76. The monoisotopic (exact) mass is 326 g/mol. The minimum absolute atomic E-state index is 0.581. The third-order valence-corrected chi connectivity index (χ3v) is 4.67. The number of carbonyl (C=O) groups is 1. The molecule has 0 radical (unpaired) electrons. The Kier molecular flexibility index (Phi) is 4.95. The number of allylic oxidation sites excluding steroid dienone is 1. The molecule has 1 atom stereocenters. The second-order valence-electron chi connectivity index (χ2n) is 6.63. The molecule has 1 unspecified atom stereocenters. The highest BCUT2D eigenvalue weighted by atomic mass is 16.1. The molecule has 0 aliphatic rings. The Morgan fingerprint density at radius 3 is 1.92 bits per heavy atom. The molecular formula is C24H22O. The van der Waals surface area contributed by atoms with Crippen LogP contribution >= 0.6 is 0 Å². The van der Waals surface area contributed by atoms with Crippen LogP contribution in [-0.2, 0) is 10.2 Å². The molecule has 25 heavy (non-hydrogen) atoms. The molecule has 0 N–H and O–H groups in total. The van der Waals surface area contributed by atoms with Gasteiger partial charge in [-0.1, -0.05) is 91.5 Å². The lowest BCUT2D eigenvalue weighted by molar-refractivity contribution is -0.112. The summed E-state index contributed by atoms with van der Waals surface area (Å²) >= 11 is 0. The van der Waals surface area contributed by atoms with Crippen LogP contribution in [0, 0.1) is 0 Å². The van der Waals surface area contributed by atoms with E-state index in [1.165, 1.54) is 5.56 Å². The standard InChI is InChI=1S/C24H22O/c1-19(20-9-5-3-6-10-20)17-24(2,18-25)23-15-13-22(14-16-23)21-11-7-4-8-12-21/h3-16,18H,1,17H2,2H3. The zero-order valence-corrected chi connectivity index (χ0v) is 14.5. The zero-order valence-electron chi connectivity index (χ0n) is 14.5. The fourth-order valence-corrected chi connectivity index (χ4v) is 3.10. The van der Waals surface area contributed by atoms with Gasteiger partial charge < -0.3 is 4.79 Å². The SMILES string of the molecule is C=C(CC(C)(C=O)c1ccc(-c2ccccc2)cc1)c1ccccc1. The first-order chi connectivity index (χ1) is 12.1. The van der Waals surface area contributed by atoms with Gasteiger partial charge in [-0.05, 0) is 41.2 Å². The fraction of sp³-hybridized carbons (Fsp3) is 0.125. The van der Waals surface area contributed by atoms with Gasteiger partial charge in [0.25, 0.3) is 0 Å². The van der Waals surface area contributed by atoms with Crippen LogP contribution in [-0.4, -0.2) is 6.29 Å². The molecule has 0 amide bonds. The molecule has 3 rings (SSSR count). The minimum Gasteiger partial charge on any atom is -0.302 e. The van der Waals surface area contributed by atoms with E-state index in [4.69, 9.17) is 0 Å². The lowest BCUT2D eigenvalue weighted by Crippen LogP contribution is -2.24. The Morgan fingerprint density at radius 2 is 1.36 bits per heavy atom. The van der Waals surface area contributed by atoms with Crippen molar-refractivity contribution in [3.63, 3.8) is 0 Å². The predicted octanol–water partition coefficient (Wildman–Crippen LogP) is 5.91. The normalized spacial score (nSPS) is 13.0. The molecule has 0 spiro atoms. The number of rotatable bonds is 6. The molecule has 0 heterocycles.